The van der Waals surface area contributed by atoms with Crippen LogP contribution >= 0.6 is 0 Å². The summed E-state index contributed by atoms with van der Waals surface area (Å²) in [6.07, 6.45) is -2.58. The largest absolute Gasteiger partial charge is 0.417 e. The molecule has 0 atom stereocenters. The van der Waals surface area contributed by atoms with Crippen molar-refractivity contribution in [2.24, 2.45) is 0 Å². The van der Waals surface area contributed by atoms with Crippen molar-refractivity contribution in [2.75, 3.05) is 6.54 Å². The van der Waals surface area contributed by atoms with E-state index in [0.29, 0.717) is 6.54 Å². The number of rotatable bonds is 4. The second kappa shape index (κ2) is 6.60. The van der Waals surface area contributed by atoms with Gasteiger partial charge in [0.1, 0.15) is 0 Å². The van der Waals surface area contributed by atoms with Crippen LogP contribution in [0.2, 0.25) is 0 Å². The number of hydrogen-bond acceptors (Lipinski definition) is 2. The third-order valence-corrected chi connectivity index (χ3v) is 3.24. The molecule has 0 unspecified atom stereocenters. The van der Waals surface area contributed by atoms with Gasteiger partial charge in [0, 0.05) is 25.5 Å². The summed E-state index contributed by atoms with van der Waals surface area (Å²) in [4.78, 5) is 17.5. The minimum Gasteiger partial charge on any atom is -0.335 e. The minimum atomic E-state index is -4.58. The van der Waals surface area contributed by atoms with Gasteiger partial charge in [-0.25, -0.2) is 0 Å². The number of carbonyl (C=O) groups is 1. The molecule has 0 aliphatic heterocycles. The van der Waals surface area contributed by atoms with Crippen molar-refractivity contribution in [1.82, 2.24) is 9.88 Å². The highest BCUT2D eigenvalue weighted by Crippen LogP contribution is 2.32. The zero-order valence-electron chi connectivity index (χ0n) is 12.0. The van der Waals surface area contributed by atoms with Gasteiger partial charge in [0.25, 0.3) is 5.91 Å². The van der Waals surface area contributed by atoms with Gasteiger partial charge >= 0.3 is 6.18 Å². The molecule has 0 saturated heterocycles. The summed E-state index contributed by atoms with van der Waals surface area (Å²) in [6.45, 7) is 2.28. The van der Waals surface area contributed by atoms with Crippen molar-refractivity contribution in [1.29, 1.82) is 0 Å². The van der Waals surface area contributed by atoms with Crippen LogP contribution in [0, 0.1) is 0 Å². The fourth-order valence-corrected chi connectivity index (χ4v) is 2.11. The molecule has 0 aliphatic rings. The van der Waals surface area contributed by atoms with Crippen molar-refractivity contribution >= 4 is 5.91 Å². The first-order valence-corrected chi connectivity index (χ1v) is 6.78. The Kier molecular flexibility index (Phi) is 4.80. The Labute approximate surface area is 126 Å². The van der Waals surface area contributed by atoms with Crippen LogP contribution in [0.4, 0.5) is 13.2 Å². The molecule has 1 aromatic carbocycles. The molecule has 116 valence electrons. The number of pyridine rings is 1. The molecule has 0 radical (unpaired) electrons. The van der Waals surface area contributed by atoms with Crippen LogP contribution in [0.25, 0.3) is 0 Å². The third-order valence-electron chi connectivity index (χ3n) is 3.24. The van der Waals surface area contributed by atoms with Crippen LogP contribution in [-0.4, -0.2) is 22.3 Å². The zero-order chi connectivity index (χ0) is 16.2. The number of amides is 1. The van der Waals surface area contributed by atoms with Gasteiger partial charge in [-0.15, -0.1) is 0 Å². The molecule has 0 saturated carbocycles. The average molecular weight is 308 g/mol. The number of benzene rings is 1. The lowest BCUT2D eigenvalue weighted by atomic mass is 10.1. The van der Waals surface area contributed by atoms with E-state index in [1.54, 1.807) is 6.92 Å². The third kappa shape index (κ3) is 3.63. The van der Waals surface area contributed by atoms with E-state index in [1.165, 1.54) is 4.90 Å². The lowest BCUT2D eigenvalue weighted by molar-refractivity contribution is -0.138. The van der Waals surface area contributed by atoms with Crippen LogP contribution in [0.3, 0.4) is 0 Å². The average Bonchev–Trinajstić information content (AvgIpc) is 2.52. The number of nitrogens with zero attached hydrogens (tertiary/aromatic N) is 2. The number of hydrogen-bond donors (Lipinski definition) is 0. The fourth-order valence-electron chi connectivity index (χ4n) is 2.11. The summed E-state index contributed by atoms with van der Waals surface area (Å²) in [5.74, 6) is -0.674. The smallest absolute Gasteiger partial charge is 0.335 e. The molecule has 6 heteroatoms. The Morgan fingerprint density at radius 1 is 1.18 bits per heavy atom. The van der Waals surface area contributed by atoms with Crippen molar-refractivity contribution in [3.63, 3.8) is 0 Å². The summed E-state index contributed by atoms with van der Waals surface area (Å²) in [6, 6.07) is 9.94. The van der Waals surface area contributed by atoms with E-state index < -0.39 is 23.2 Å². The summed E-state index contributed by atoms with van der Waals surface area (Å²) < 4.78 is 39.0. The predicted octanol–water partition coefficient (Wildman–Crippen LogP) is 3.76. The van der Waals surface area contributed by atoms with Crippen LogP contribution in [0.1, 0.15) is 28.4 Å². The van der Waals surface area contributed by atoms with E-state index in [2.05, 4.69) is 4.98 Å². The molecule has 0 aliphatic carbocycles. The summed E-state index contributed by atoms with van der Waals surface area (Å²) in [5, 5.41) is 0. The van der Waals surface area contributed by atoms with Gasteiger partial charge in [-0.3, -0.25) is 9.78 Å². The van der Waals surface area contributed by atoms with Gasteiger partial charge in [-0.2, -0.15) is 13.2 Å². The first-order chi connectivity index (χ1) is 10.4. The highest BCUT2D eigenvalue weighted by atomic mass is 19.4. The molecule has 22 heavy (non-hydrogen) atoms. The van der Waals surface area contributed by atoms with Crippen molar-refractivity contribution in [2.45, 2.75) is 19.6 Å². The van der Waals surface area contributed by atoms with Crippen LogP contribution in [0.5, 0.6) is 0 Å². The van der Waals surface area contributed by atoms with Gasteiger partial charge in [0.05, 0.1) is 11.1 Å². The SMILES string of the molecule is CCN(Cc1ccccc1)C(=O)c1cnccc1C(F)(F)F. The van der Waals surface area contributed by atoms with Crippen LogP contribution in [-0.2, 0) is 12.7 Å². The van der Waals surface area contributed by atoms with E-state index in [9.17, 15) is 18.0 Å². The Morgan fingerprint density at radius 3 is 2.45 bits per heavy atom. The van der Waals surface area contributed by atoms with E-state index in [-0.39, 0.29) is 6.54 Å². The zero-order valence-corrected chi connectivity index (χ0v) is 12.0. The van der Waals surface area contributed by atoms with Gasteiger partial charge < -0.3 is 4.90 Å². The minimum absolute atomic E-state index is 0.252. The van der Waals surface area contributed by atoms with Crippen molar-refractivity contribution in [3.05, 3.63) is 65.5 Å². The van der Waals surface area contributed by atoms with Gasteiger partial charge in [-0.1, -0.05) is 30.3 Å². The van der Waals surface area contributed by atoms with Gasteiger partial charge in [0.15, 0.2) is 0 Å². The second-order valence-electron chi connectivity index (χ2n) is 4.72. The maximum atomic E-state index is 13.0. The molecule has 0 bridgehead atoms. The van der Waals surface area contributed by atoms with Gasteiger partial charge in [0.2, 0.25) is 0 Å². The molecule has 2 aromatic rings. The van der Waals surface area contributed by atoms with Crippen molar-refractivity contribution in [3.8, 4) is 0 Å². The Hall–Kier alpha value is -2.37. The summed E-state index contributed by atoms with van der Waals surface area (Å²) in [7, 11) is 0. The standard InChI is InChI=1S/C16H15F3N2O/c1-2-21(11-12-6-4-3-5-7-12)15(22)13-10-20-9-8-14(13)16(17,18)19/h3-10H,2,11H2,1H3. The normalized spacial score (nSPS) is 11.3. The summed E-state index contributed by atoms with van der Waals surface area (Å²) in [5.41, 5.74) is -0.526. The monoisotopic (exact) mass is 308 g/mol. The molecule has 1 aromatic heterocycles. The number of halogens is 3. The van der Waals surface area contributed by atoms with Crippen LogP contribution in [0.15, 0.2) is 48.8 Å². The van der Waals surface area contributed by atoms with E-state index in [1.807, 2.05) is 30.3 Å². The topological polar surface area (TPSA) is 33.2 Å². The molecule has 0 N–H and O–H groups in total. The molecule has 1 heterocycles. The fraction of sp³-hybridized carbons (Fsp3) is 0.250. The maximum absolute atomic E-state index is 13.0. The lowest BCUT2D eigenvalue weighted by Gasteiger charge is -2.22. The predicted molar refractivity (Wildman–Crippen MR) is 76.1 cm³/mol. The highest BCUT2D eigenvalue weighted by molar-refractivity contribution is 5.95. The van der Waals surface area contributed by atoms with E-state index >= 15 is 0 Å². The molecular weight excluding hydrogens is 293 g/mol. The summed E-state index contributed by atoms with van der Waals surface area (Å²) >= 11 is 0. The number of carbonyl (C=O) groups excluding carboxylic acids is 1. The molecule has 1 amide bonds. The van der Waals surface area contributed by atoms with E-state index in [4.69, 9.17) is 0 Å². The molecule has 2 rings (SSSR count). The van der Waals surface area contributed by atoms with Crippen LogP contribution < -0.4 is 0 Å². The number of aromatic nitrogens is 1. The first kappa shape index (κ1) is 16.0. The quantitative estimate of drug-likeness (QED) is 0.861. The van der Waals surface area contributed by atoms with Crippen molar-refractivity contribution < 1.29 is 18.0 Å². The Morgan fingerprint density at radius 2 is 1.86 bits per heavy atom. The Bertz CT molecular complexity index is 641. The molecule has 3 nitrogen and oxygen atoms in total. The number of alkyl halides is 3. The molecule has 0 spiro atoms. The molecular formula is C16H15F3N2O. The first-order valence-electron chi connectivity index (χ1n) is 6.78. The maximum Gasteiger partial charge on any atom is 0.417 e. The van der Waals surface area contributed by atoms with E-state index in [0.717, 1.165) is 24.0 Å². The molecule has 0 fully saturated rings. The Balaban J connectivity index is 2.30. The second-order valence-corrected chi connectivity index (χ2v) is 4.72. The highest BCUT2D eigenvalue weighted by Gasteiger charge is 2.36. The van der Waals surface area contributed by atoms with Gasteiger partial charge in [-0.05, 0) is 18.6 Å². The lowest BCUT2D eigenvalue weighted by Crippen LogP contribution is -2.32.